The number of hydrogen-bond acceptors (Lipinski definition) is 6. The molecule has 1 saturated carbocycles. The number of rotatable bonds is 3. The second-order valence-electron chi connectivity index (χ2n) is 5.56. The Labute approximate surface area is 117 Å². The first-order chi connectivity index (χ1) is 9.71. The monoisotopic (exact) mass is 273 g/mol. The van der Waals surface area contributed by atoms with Crippen LogP contribution in [0.4, 0.5) is 0 Å². The summed E-state index contributed by atoms with van der Waals surface area (Å²) in [5.41, 5.74) is 6.79. The third-order valence-electron chi connectivity index (χ3n) is 4.28. The molecule has 2 heterocycles. The molecule has 6 heteroatoms. The standard InChI is InChI=1S/C14H19N5O/c1-2-10-3-6-14(15,7-4-10)13-18-12(20-19-13)11-5-8-16-17-9-11/h5,8-10H,2-4,6-7,15H2,1H3. The zero-order chi connectivity index (χ0) is 14.0. The molecule has 1 aliphatic rings. The molecule has 2 aromatic heterocycles. The van der Waals surface area contributed by atoms with E-state index in [0.29, 0.717) is 11.7 Å². The van der Waals surface area contributed by atoms with E-state index in [1.807, 2.05) is 0 Å². The van der Waals surface area contributed by atoms with E-state index in [9.17, 15) is 0 Å². The molecular formula is C14H19N5O. The Morgan fingerprint density at radius 2 is 2.15 bits per heavy atom. The molecule has 0 spiro atoms. The van der Waals surface area contributed by atoms with Crippen molar-refractivity contribution in [1.29, 1.82) is 0 Å². The molecule has 1 aliphatic carbocycles. The Balaban J connectivity index is 1.80. The van der Waals surface area contributed by atoms with Crippen LogP contribution in [0.5, 0.6) is 0 Å². The second kappa shape index (κ2) is 5.28. The van der Waals surface area contributed by atoms with Gasteiger partial charge in [0.1, 0.15) is 0 Å². The summed E-state index contributed by atoms with van der Waals surface area (Å²) in [7, 11) is 0. The maximum absolute atomic E-state index is 6.48. The van der Waals surface area contributed by atoms with Crippen molar-refractivity contribution in [1.82, 2.24) is 20.3 Å². The Bertz CT molecular complexity index is 560. The van der Waals surface area contributed by atoms with Gasteiger partial charge in [0, 0.05) is 0 Å². The van der Waals surface area contributed by atoms with Gasteiger partial charge in [-0.25, -0.2) is 0 Å². The minimum absolute atomic E-state index is 0.451. The van der Waals surface area contributed by atoms with Gasteiger partial charge in [-0.05, 0) is 37.7 Å². The SMILES string of the molecule is CCC1CCC(N)(c2noc(-c3ccnnc3)n2)CC1. The highest BCUT2D eigenvalue weighted by Gasteiger charge is 2.36. The van der Waals surface area contributed by atoms with Crippen molar-refractivity contribution in [3.8, 4) is 11.5 Å². The van der Waals surface area contributed by atoms with Crippen LogP contribution in [-0.2, 0) is 5.54 Å². The predicted octanol–water partition coefficient (Wildman–Crippen LogP) is 2.28. The van der Waals surface area contributed by atoms with Crippen LogP contribution in [-0.4, -0.2) is 20.3 Å². The summed E-state index contributed by atoms with van der Waals surface area (Å²) < 4.78 is 5.31. The van der Waals surface area contributed by atoms with Crippen LogP contribution >= 0.6 is 0 Å². The average molecular weight is 273 g/mol. The van der Waals surface area contributed by atoms with E-state index < -0.39 is 5.54 Å². The van der Waals surface area contributed by atoms with E-state index in [1.165, 1.54) is 6.42 Å². The molecule has 2 N–H and O–H groups in total. The number of nitrogens with zero attached hydrogens (tertiary/aromatic N) is 4. The number of aromatic nitrogens is 4. The van der Waals surface area contributed by atoms with Crippen molar-refractivity contribution in [3.05, 3.63) is 24.3 Å². The topological polar surface area (TPSA) is 90.7 Å². The maximum Gasteiger partial charge on any atom is 0.259 e. The first kappa shape index (κ1) is 13.2. The van der Waals surface area contributed by atoms with Gasteiger partial charge in [0.05, 0.1) is 23.5 Å². The fourth-order valence-corrected chi connectivity index (χ4v) is 2.78. The molecule has 6 nitrogen and oxygen atoms in total. The third-order valence-corrected chi connectivity index (χ3v) is 4.28. The normalized spacial score (nSPS) is 26.6. The summed E-state index contributed by atoms with van der Waals surface area (Å²) in [5.74, 6) is 1.85. The van der Waals surface area contributed by atoms with E-state index in [4.69, 9.17) is 10.3 Å². The van der Waals surface area contributed by atoms with Gasteiger partial charge in [-0.15, -0.1) is 0 Å². The van der Waals surface area contributed by atoms with Gasteiger partial charge in [0.25, 0.3) is 5.89 Å². The third kappa shape index (κ3) is 2.43. The van der Waals surface area contributed by atoms with E-state index in [2.05, 4.69) is 27.3 Å². The quantitative estimate of drug-likeness (QED) is 0.922. The summed E-state index contributed by atoms with van der Waals surface area (Å²) >= 11 is 0. The summed E-state index contributed by atoms with van der Waals surface area (Å²) in [6.45, 7) is 2.23. The summed E-state index contributed by atoms with van der Waals surface area (Å²) in [4.78, 5) is 4.46. The first-order valence-electron chi connectivity index (χ1n) is 7.11. The van der Waals surface area contributed by atoms with Gasteiger partial charge in [-0.2, -0.15) is 15.2 Å². The number of hydrogen-bond donors (Lipinski definition) is 1. The van der Waals surface area contributed by atoms with Crippen molar-refractivity contribution < 1.29 is 4.52 Å². The van der Waals surface area contributed by atoms with E-state index in [1.54, 1.807) is 18.5 Å². The molecule has 0 radical (unpaired) electrons. The predicted molar refractivity (Wildman–Crippen MR) is 73.4 cm³/mol. The molecule has 0 aromatic carbocycles. The van der Waals surface area contributed by atoms with Gasteiger partial charge in [-0.1, -0.05) is 18.5 Å². The van der Waals surface area contributed by atoms with Gasteiger partial charge in [0.2, 0.25) is 0 Å². The second-order valence-corrected chi connectivity index (χ2v) is 5.56. The Kier molecular flexibility index (Phi) is 3.48. The smallest absolute Gasteiger partial charge is 0.259 e. The van der Waals surface area contributed by atoms with Crippen molar-refractivity contribution in [2.24, 2.45) is 11.7 Å². The molecule has 0 unspecified atom stereocenters. The molecular weight excluding hydrogens is 254 g/mol. The highest BCUT2D eigenvalue weighted by atomic mass is 16.5. The summed E-state index contributed by atoms with van der Waals surface area (Å²) in [6.07, 6.45) is 8.52. The van der Waals surface area contributed by atoms with Crippen LogP contribution in [0, 0.1) is 5.92 Å². The van der Waals surface area contributed by atoms with Crippen molar-refractivity contribution in [2.75, 3.05) is 0 Å². The van der Waals surface area contributed by atoms with Crippen LogP contribution in [0.3, 0.4) is 0 Å². The van der Waals surface area contributed by atoms with Crippen LogP contribution in [0.1, 0.15) is 44.9 Å². The molecule has 2 aromatic rings. The molecule has 20 heavy (non-hydrogen) atoms. The highest BCUT2D eigenvalue weighted by molar-refractivity contribution is 5.49. The lowest BCUT2D eigenvalue weighted by molar-refractivity contribution is 0.216. The average Bonchev–Trinajstić information content (AvgIpc) is 3.00. The van der Waals surface area contributed by atoms with E-state index in [0.717, 1.165) is 37.2 Å². The van der Waals surface area contributed by atoms with Crippen LogP contribution < -0.4 is 5.73 Å². The molecule has 1 fully saturated rings. The minimum Gasteiger partial charge on any atom is -0.334 e. The zero-order valence-corrected chi connectivity index (χ0v) is 11.6. The van der Waals surface area contributed by atoms with Crippen LogP contribution in [0.15, 0.2) is 23.0 Å². The van der Waals surface area contributed by atoms with Crippen molar-refractivity contribution >= 4 is 0 Å². The number of nitrogens with two attached hydrogens (primary N) is 1. The van der Waals surface area contributed by atoms with Crippen LogP contribution in [0.2, 0.25) is 0 Å². The van der Waals surface area contributed by atoms with Gasteiger partial charge >= 0.3 is 0 Å². The maximum atomic E-state index is 6.48. The van der Waals surface area contributed by atoms with Crippen molar-refractivity contribution in [3.63, 3.8) is 0 Å². The molecule has 3 rings (SSSR count). The first-order valence-corrected chi connectivity index (χ1v) is 7.11. The van der Waals surface area contributed by atoms with Crippen molar-refractivity contribution in [2.45, 2.75) is 44.6 Å². The fraction of sp³-hybridized carbons (Fsp3) is 0.571. The lowest BCUT2D eigenvalue weighted by Crippen LogP contribution is -2.41. The van der Waals surface area contributed by atoms with Gasteiger partial charge < -0.3 is 10.3 Å². The Morgan fingerprint density at radius 3 is 2.80 bits per heavy atom. The zero-order valence-electron chi connectivity index (χ0n) is 11.6. The molecule has 0 bridgehead atoms. The van der Waals surface area contributed by atoms with Crippen LogP contribution in [0.25, 0.3) is 11.5 Å². The molecule has 0 saturated heterocycles. The molecule has 0 amide bonds. The minimum atomic E-state index is -0.451. The Morgan fingerprint density at radius 1 is 1.35 bits per heavy atom. The lowest BCUT2D eigenvalue weighted by Gasteiger charge is -2.34. The molecule has 106 valence electrons. The lowest BCUT2D eigenvalue weighted by atomic mass is 9.76. The van der Waals surface area contributed by atoms with E-state index >= 15 is 0 Å². The van der Waals surface area contributed by atoms with E-state index in [-0.39, 0.29) is 0 Å². The largest absolute Gasteiger partial charge is 0.334 e. The van der Waals surface area contributed by atoms with Gasteiger partial charge in [-0.3, -0.25) is 0 Å². The summed E-state index contributed by atoms with van der Waals surface area (Å²) in [5, 5.41) is 11.6. The Hall–Kier alpha value is -1.82. The van der Waals surface area contributed by atoms with Gasteiger partial charge in [0.15, 0.2) is 5.82 Å². The highest BCUT2D eigenvalue weighted by Crippen LogP contribution is 2.37. The molecule has 0 atom stereocenters. The molecule has 0 aliphatic heterocycles. The fourth-order valence-electron chi connectivity index (χ4n) is 2.78. The summed E-state index contributed by atoms with van der Waals surface area (Å²) in [6, 6.07) is 1.79.